The van der Waals surface area contributed by atoms with Crippen LogP contribution < -0.4 is 4.74 Å². The Bertz CT molecular complexity index is 676. The summed E-state index contributed by atoms with van der Waals surface area (Å²) in [6.45, 7) is -0.935. The number of hydrogen-bond donors (Lipinski definition) is 0. The van der Waals surface area contributed by atoms with Crippen molar-refractivity contribution in [2.24, 2.45) is 5.92 Å². The Hall–Kier alpha value is -2.44. The van der Waals surface area contributed by atoms with Crippen molar-refractivity contribution in [3.63, 3.8) is 0 Å². The molecule has 1 fully saturated rings. The van der Waals surface area contributed by atoms with Crippen LogP contribution in [-0.4, -0.2) is 40.1 Å². The van der Waals surface area contributed by atoms with Crippen LogP contribution in [0.1, 0.15) is 23.2 Å². The molecular formula is C17H19F2N3O2. The summed E-state index contributed by atoms with van der Waals surface area (Å²) in [6, 6.07) is 6.15. The molecule has 5 nitrogen and oxygen atoms in total. The van der Waals surface area contributed by atoms with Crippen LogP contribution in [0.25, 0.3) is 0 Å². The zero-order valence-electron chi connectivity index (χ0n) is 13.1. The van der Waals surface area contributed by atoms with Gasteiger partial charge in [-0.25, -0.2) is 4.98 Å². The number of benzene rings is 1. The molecule has 128 valence electrons. The SMILES string of the molecule is O=C(c1ccccc1OC(F)F)N1CCCC(Cn2ccnc2)C1. The lowest BCUT2D eigenvalue weighted by molar-refractivity contribution is -0.0503. The Morgan fingerprint density at radius 2 is 2.21 bits per heavy atom. The number of nitrogens with zero attached hydrogens (tertiary/aromatic N) is 3. The first-order chi connectivity index (χ1) is 11.6. The van der Waals surface area contributed by atoms with Gasteiger partial charge in [-0.2, -0.15) is 8.78 Å². The molecule has 0 aliphatic carbocycles. The molecule has 1 aliphatic rings. The van der Waals surface area contributed by atoms with Crippen LogP contribution >= 0.6 is 0 Å². The molecule has 1 aromatic heterocycles. The Morgan fingerprint density at radius 1 is 1.38 bits per heavy atom. The first-order valence-corrected chi connectivity index (χ1v) is 7.92. The average Bonchev–Trinajstić information content (AvgIpc) is 3.07. The summed E-state index contributed by atoms with van der Waals surface area (Å²) in [5, 5.41) is 0. The number of hydrogen-bond acceptors (Lipinski definition) is 3. The van der Waals surface area contributed by atoms with Gasteiger partial charge in [0, 0.05) is 32.0 Å². The molecule has 2 heterocycles. The number of carbonyl (C=O) groups excluding carboxylic acids is 1. The molecule has 0 saturated carbocycles. The largest absolute Gasteiger partial charge is 0.434 e. The zero-order chi connectivity index (χ0) is 16.9. The maximum Gasteiger partial charge on any atom is 0.387 e. The third-order valence-corrected chi connectivity index (χ3v) is 4.17. The number of amides is 1. The molecule has 24 heavy (non-hydrogen) atoms. The number of ether oxygens (including phenoxy) is 1. The van der Waals surface area contributed by atoms with Crippen molar-refractivity contribution >= 4 is 5.91 Å². The number of halogens is 2. The number of alkyl halides is 2. The second kappa shape index (κ2) is 7.42. The fraction of sp³-hybridized carbons (Fsp3) is 0.412. The van der Waals surface area contributed by atoms with E-state index in [4.69, 9.17) is 0 Å². The van der Waals surface area contributed by atoms with E-state index in [1.165, 1.54) is 12.1 Å². The smallest absolute Gasteiger partial charge is 0.387 e. The third-order valence-electron chi connectivity index (χ3n) is 4.17. The number of aromatic nitrogens is 2. The topological polar surface area (TPSA) is 47.4 Å². The first-order valence-electron chi connectivity index (χ1n) is 7.92. The summed E-state index contributed by atoms with van der Waals surface area (Å²) < 4.78 is 31.5. The highest BCUT2D eigenvalue weighted by Gasteiger charge is 2.26. The molecule has 0 spiro atoms. The number of rotatable bonds is 5. The lowest BCUT2D eigenvalue weighted by Crippen LogP contribution is -2.41. The van der Waals surface area contributed by atoms with Crippen molar-refractivity contribution in [1.29, 1.82) is 0 Å². The van der Waals surface area contributed by atoms with Crippen molar-refractivity contribution in [2.75, 3.05) is 13.1 Å². The van der Waals surface area contributed by atoms with Gasteiger partial charge < -0.3 is 14.2 Å². The Balaban J connectivity index is 1.70. The van der Waals surface area contributed by atoms with Crippen LogP contribution in [-0.2, 0) is 6.54 Å². The van der Waals surface area contributed by atoms with Crippen LogP contribution in [0.4, 0.5) is 8.78 Å². The van der Waals surface area contributed by atoms with E-state index in [-0.39, 0.29) is 17.2 Å². The molecule has 1 saturated heterocycles. The van der Waals surface area contributed by atoms with Gasteiger partial charge in [-0.15, -0.1) is 0 Å². The minimum atomic E-state index is -2.95. The fourth-order valence-corrected chi connectivity index (χ4v) is 3.10. The molecule has 7 heteroatoms. The molecule has 1 aromatic carbocycles. The summed E-state index contributed by atoms with van der Waals surface area (Å²) in [7, 11) is 0. The van der Waals surface area contributed by atoms with Crippen molar-refractivity contribution in [1.82, 2.24) is 14.5 Å². The van der Waals surface area contributed by atoms with Crippen LogP contribution in [0.5, 0.6) is 5.75 Å². The van der Waals surface area contributed by atoms with Crippen molar-refractivity contribution in [3.8, 4) is 5.75 Å². The predicted molar refractivity (Wildman–Crippen MR) is 83.9 cm³/mol. The highest BCUT2D eigenvalue weighted by atomic mass is 19.3. The molecule has 1 atom stereocenters. The molecule has 1 amide bonds. The highest BCUT2D eigenvalue weighted by Crippen LogP contribution is 2.25. The maximum absolute atomic E-state index is 12.7. The quantitative estimate of drug-likeness (QED) is 0.844. The normalized spacial score (nSPS) is 18.0. The summed E-state index contributed by atoms with van der Waals surface area (Å²) in [6.07, 6.45) is 7.29. The molecule has 0 bridgehead atoms. The number of likely N-dealkylation sites (tertiary alicyclic amines) is 1. The Morgan fingerprint density at radius 3 is 2.96 bits per heavy atom. The van der Waals surface area contributed by atoms with Gasteiger partial charge in [-0.3, -0.25) is 4.79 Å². The van der Waals surface area contributed by atoms with E-state index in [9.17, 15) is 13.6 Å². The van der Waals surface area contributed by atoms with Gasteiger partial charge in [-0.1, -0.05) is 12.1 Å². The summed E-state index contributed by atoms with van der Waals surface area (Å²) in [5.74, 6) is -0.0177. The number of piperidine rings is 1. The van der Waals surface area contributed by atoms with E-state index in [0.717, 1.165) is 19.4 Å². The molecule has 2 aromatic rings. The molecule has 1 aliphatic heterocycles. The highest BCUT2D eigenvalue weighted by molar-refractivity contribution is 5.97. The lowest BCUT2D eigenvalue weighted by atomic mass is 9.97. The van der Waals surface area contributed by atoms with Crippen LogP contribution in [0, 0.1) is 5.92 Å². The van der Waals surface area contributed by atoms with E-state index in [0.29, 0.717) is 19.0 Å². The Kier molecular flexibility index (Phi) is 5.08. The van der Waals surface area contributed by atoms with Crippen LogP contribution in [0.15, 0.2) is 43.0 Å². The maximum atomic E-state index is 12.7. The molecule has 3 rings (SSSR count). The molecule has 0 N–H and O–H groups in total. The van der Waals surface area contributed by atoms with E-state index in [2.05, 4.69) is 9.72 Å². The van der Waals surface area contributed by atoms with Gasteiger partial charge in [0.15, 0.2) is 0 Å². The van der Waals surface area contributed by atoms with E-state index in [1.54, 1.807) is 29.6 Å². The van der Waals surface area contributed by atoms with E-state index < -0.39 is 6.61 Å². The van der Waals surface area contributed by atoms with Gasteiger partial charge in [0.1, 0.15) is 5.75 Å². The fourth-order valence-electron chi connectivity index (χ4n) is 3.10. The summed E-state index contributed by atoms with van der Waals surface area (Å²) in [4.78, 5) is 18.5. The lowest BCUT2D eigenvalue weighted by Gasteiger charge is -2.33. The van der Waals surface area contributed by atoms with Gasteiger partial charge in [-0.05, 0) is 30.9 Å². The van der Waals surface area contributed by atoms with E-state index in [1.807, 2.05) is 10.8 Å². The predicted octanol–water partition coefficient (Wildman–Crippen LogP) is 3.04. The molecule has 1 unspecified atom stereocenters. The summed E-state index contributed by atoms with van der Waals surface area (Å²) in [5.41, 5.74) is 0.182. The van der Waals surface area contributed by atoms with Gasteiger partial charge in [0.2, 0.25) is 0 Å². The van der Waals surface area contributed by atoms with Crippen LogP contribution in [0.2, 0.25) is 0 Å². The summed E-state index contributed by atoms with van der Waals surface area (Å²) >= 11 is 0. The van der Waals surface area contributed by atoms with Crippen molar-refractivity contribution in [2.45, 2.75) is 26.0 Å². The third kappa shape index (κ3) is 3.90. The second-order valence-electron chi connectivity index (χ2n) is 5.89. The molecule has 0 radical (unpaired) electrons. The first kappa shape index (κ1) is 16.4. The van der Waals surface area contributed by atoms with Crippen LogP contribution in [0.3, 0.4) is 0 Å². The number of imidazole rings is 1. The number of para-hydroxylation sites is 1. The minimum Gasteiger partial charge on any atom is -0.434 e. The van der Waals surface area contributed by atoms with E-state index >= 15 is 0 Å². The van der Waals surface area contributed by atoms with Gasteiger partial charge in [0.25, 0.3) is 5.91 Å². The minimum absolute atomic E-state index is 0.0748. The van der Waals surface area contributed by atoms with Crippen molar-refractivity contribution in [3.05, 3.63) is 48.5 Å². The van der Waals surface area contributed by atoms with Gasteiger partial charge >= 0.3 is 6.61 Å². The zero-order valence-corrected chi connectivity index (χ0v) is 13.1. The van der Waals surface area contributed by atoms with Crippen molar-refractivity contribution < 1.29 is 18.3 Å². The molecular weight excluding hydrogens is 316 g/mol. The van der Waals surface area contributed by atoms with Gasteiger partial charge in [0.05, 0.1) is 11.9 Å². The monoisotopic (exact) mass is 335 g/mol. The standard InChI is InChI=1S/C17H19F2N3O2/c18-17(19)24-15-6-2-1-5-14(15)16(23)22-8-3-4-13(11-22)10-21-9-7-20-12-21/h1-2,5-7,9,12-13,17H,3-4,8,10-11H2. The second-order valence-corrected chi connectivity index (χ2v) is 5.89. The Labute approximate surface area is 138 Å². The number of carbonyl (C=O) groups is 1. The average molecular weight is 335 g/mol.